The molecule has 16 heavy (non-hydrogen) atoms. The van der Waals surface area contributed by atoms with Crippen LogP contribution in [0, 0.1) is 0 Å². The summed E-state index contributed by atoms with van der Waals surface area (Å²) in [6.45, 7) is 4.14. The molecule has 0 amide bonds. The minimum absolute atomic E-state index is 0.246. The molecule has 0 saturated carbocycles. The molecule has 4 heteroatoms. The molecule has 2 nitrogen and oxygen atoms in total. The van der Waals surface area contributed by atoms with Crippen molar-refractivity contribution < 1.29 is 4.21 Å². The molecular formula is C12H18ClNOS. The molecule has 0 heterocycles. The van der Waals surface area contributed by atoms with Gasteiger partial charge in [0.1, 0.15) is 0 Å². The number of nitrogens with one attached hydrogen (secondary N) is 1. The number of benzene rings is 1. The van der Waals surface area contributed by atoms with Gasteiger partial charge in [-0.05, 0) is 31.5 Å². The summed E-state index contributed by atoms with van der Waals surface area (Å²) in [4.78, 5) is 0. The molecule has 3 atom stereocenters. The lowest BCUT2D eigenvalue weighted by Gasteiger charge is -2.19. The van der Waals surface area contributed by atoms with Gasteiger partial charge in [-0.3, -0.25) is 4.21 Å². The fourth-order valence-electron chi connectivity index (χ4n) is 1.67. The Kier molecular flexibility index (Phi) is 5.46. The SMILES string of the molecule is CC(CS(C)=O)NC(C)c1ccc(Cl)cc1. The first-order valence-electron chi connectivity index (χ1n) is 5.30. The first-order valence-corrected chi connectivity index (χ1v) is 7.41. The zero-order valence-corrected chi connectivity index (χ0v) is 11.4. The van der Waals surface area contributed by atoms with Gasteiger partial charge in [-0.1, -0.05) is 23.7 Å². The van der Waals surface area contributed by atoms with E-state index in [1.807, 2.05) is 31.2 Å². The van der Waals surface area contributed by atoms with Crippen LogP contribution in [-0.4, -0.2) is 22.3 Å². The Morgan fingerprint density at radius 2 is 1.88 bits per heavy atom. The zero-order valence-electron chi connectivity index (χ0n) is 9.87. The van der Waals surface area contributed by atoms with Crippen LogP contribution >= 0.6 is 11.6 Å². The molecule has 1 N–H and O–H groups in total. The first kappa shape index (κ1) is 13.7. The summed E-state index contributed by atoms with van der Waals surface area (Å²) in [5.41, 5.74) is 1.19. The highest BCUT2D eigenvalue weighted by atomic mass is 35.5. The summed E-state index contributed by atoms with van der Waals surface area (Å²) in [6, 6.07) is 8.29. The highest BCUT2D eigenvalue weighted by Gasteiger charge is 2.10. The molecule has 0 radical (unpaired) electrons. The van der Waals surface area contributed by atoms with Crippen LogP contribution in [0.1, 0.15) is 25.5 Å². The quantitative estimate of drug-likeness (QED) is 0.881. The summed E-state index contributed by atoms with van der Waals surface area (Å²) in [5.74, 6) is 0.679. The fraction of sp³-hybridized carbons (Fsp3) is 0.500. The smallest absolute Gasteiger partial charge is 0.0406 e. The molecule has 90 valence electrons. The first-order chi connectivity index (χ1) is 7.49. The average molecular weight is 260 g/mol. The van der Waals surface area contributed by atoms with E-state index in [1.54, 1.807) is 6.26 Å². The average Bonchev–Trinajstić information content (AvgIpc) is 2.16. The molecule has 0 aromatic heterocycles. The third-order valence-electron chi connectivity index (χ3n) is 2.39. The van der Waals surface area contributed by atoms with E-state index >= 15 is 0 Å². The minimum atomic E-state index is -0.756. The Bertz CT molecular complexity index is 353. The topological polar surface area (TPSA) is 29.1 Å². The van der Waals surface area contributed by atoms with E-state index < -0.39 is 10.8 Å². The van der Waals surface area contributed by atoms with Gasteiger partial charge in [-0.2, -0.15) is 0 Å². The highest BCUT2D eigenvalue weighted by Crippen LogP contribution is 2.16. The molecule has 1 rings (SSSR count). The molecule has 1 aromatic rings. The van der Waals surface area contributed by atoms with Gasteiger partial charge in [0.05, 0.1) is 0 Å². The van der Waals surface area contributed by atoms with E-state index in [1.165, 1.54) is 5.56 Å². The number of hydrogen-bond donors (Lipinski definition) is 1. The normalized spacial score (nSPS) is 16.8. The second kappa shape index (κ2) is 6.38. The minimum Gasteiger partial charge on any atom is -0.307 e. The maximum absolute atomic E-state index is 11.1. The lowest BCUT2D eigenvalue weighted by Crippen LogP contribution is -2.33. The Balaban J connectivity index is 2.54. The molecule has 0 aliphatic rings. The van der Waals surface area contributed by atoms with Gasteiger partial charge < -0.3 is 5.32 Å². The second-order valence-electron chi connectivity index (χ2n) is 4.08. The van der Waals surface area contributed by atoms with Crippen molar-refractivity contribution in [3.05, 3.63) is 34.9 Å². The van der Waals surface area contributed by atoms with E-state index in [0.717, 1.165) is 5.02 Å². The van der Waals surface area contributed by atoms with Crippen LogP contribution in [0.4, 0.5) is 0 Å². The molecule has 0 fully saturated rings. The standard InChI is InChI=1S/C12H18ClNOS/c1-9(8-16(3)15)14-10(2)11-4-6-12(13)7-5-11/h4-7,9-10,14H,8H2,1-3H3. The van der Waals surface area contributed by atoms with Crippen LogP contribution in [0.15, 0.2) is 24.3 Å². The van der Waals surface area contributed by atoms with Gasteiger partial charge in [0.25, 0.3) is 0 Å². The van der Waals surface area contributed by atoms with Crippen molar-refractivity contribution >= 4 is 22.4 Å². The maximum atomic E-state index is 11.1. The molecule has 3 unspecified atom stereocenters. The van der Waals surface area contributed by atoms with Gasteiger partial charge >= 0.3 is 0 Å². The molecule has 0 aliphatic heterocycles. The lowest BCUT2D eigenvalue weighted by atomic mass is 10.1. The third kappa shape index (κ3) is 4.64. The van der Waals surface area contributed by atoms with E-state index in [9.17, 15) is 4.21 Å². The van der Waals surface area contributed by atoms with Gasteiger partial charge in [-0.15, -0.1) is 0 Å². The van der Waals surface area contributed by atoms with Crippen LogP contribution in [0.2, 0.25) is 5.02 Å². The fourth-order valence-corrected chi connectivity index (χ4v) is 2.60. The molecule has 0 saturated heterocycles. The summed E-state index contributed by atoms with van der Waals surface area (Å²) in [5, 5.41) is 4.16. The van der Waals surface area contributed by atoms with Crippen LogP contribution in [-0.2, 0) is 10.8 Å². The molecule has 0 spiro atoms. The summed E-state index contributed by atoms with van der Waals surface area (Å²) in [6.07, 6.45) is 1.73. The van der Waals surface area contributed by atoms with E-state index in [0.29, 0.717) is 5.75 Å². The largest absolute Gasteiger partial charge is 0.307 e. The van der Waals surface area contributed by atoms with Crippen LogP contribution in [0.5, 0.6) is 0 Å². The Morgan fingerprint density at radius 1 is 1.31 bits per heavy atom. The molecule has 0 bridgehead atoms. The van der Waals surface area contributed by atoms with E-state index in [-0.39, 0.29) is 12.1 Å². The van der Waals surface area contributed by atoms with Gasteiger partial charge in [0.15, 0.2) is 0 Å². The maximum Gasteiger partial charge on any atom is 0.0406 e. The monoisotopic (exact) mass is 259 g/mol. The number of rotatable bonds is 5. The van der Waals surface area contributed by atoms with Gasteiger partial charge in [-0.25, -0.2) is 0 Å². The molecular weight excluding hydrogens is 242 g/mol. The second-order valence-corrected chi connectivity index (χ2v) is 6.00. The van der Waals surface area contributed by atoms with Crippen molar-refractivity contribution in [2.24, 2.45) is 0 Å². The van der Waals surface area contributed by atoms with Crippen molar-refractivity contribution in [1.29, 1.82) is 0 Å². The van der Waals surface area contributed by atoms with Crippen molar-refractivity contribution in [3.63, 3.8) is 0 Å². The number of hydrogen-bond acceptors (Lipinski definition) is 2. The van der Waals surface area contributed by atoms with Crippen molar-refractivity contribution in [3.8, 4) is 0 Å². The van der Waals surface area contributed by atoms with Crippen molar-refractivity contribution in [2.75, 3.05) is 12.0 Å². The van der Waals surface area contributed by atoms with Crippen molar-refractivity contribution in [1.82, 2.24) is 5.32 Å². The summed E-state index contributed by atoms with van der Waals surface area (Å²) in [7, 11) is -0.756. The Labute approximate surface area is 105 Å². The molecule has 0 aliphatic carbocycles. The third-order valence-corrected chi connectivity index (χ3v) is 3.61. The Hall–Kier alpha value is -0.380. The number of halogens is 1. The Morgan fingerprint density at radius 3 is 2.38 bits per heavy atom. The van der Waals surface area contributed by atoms with Gasteiger partial charge in [0.2, 0.25) is 0 Å². The summed E-state index contributed by atoms with van der Waals surface area (Å²) >= 11 is 5.83. The highest BCUT2D eigenvalue weighted by molar-refractivity contribution is 7.84. The predicted octanol–water partition coefficient (Wildman–Crippen LogP) is 2.76. The van der Waals surface area contributed by atoms with Crippen LogP contribution in [0.3, 0.4) is 0 Å². The summed E-state index contributed by atoms with van der Waals surface area (Å²) < 4.78 is 11.1. The van der Waals surface area contributed by atoms with Crippen LogP contribution < -0.4 is 5.32 Å². The predicted molar refractivity (Wildman–Crippen MR) is 71.4 cm³/mol. The van der Waals surface area contributed by atoms with Gasteiger partial charge in [0, 0.05) is 39.9 Å². The van der Waals surface area contributed by atoms with Crippen molar-refractivity contribution in [2.45, 2.75) is 25.9 Å². The molecule has 1 aromatic carbocycles. The van der Waals surface area contributed by atoms with E-state index in [2.05, 4.69) is 12.2 Å². The van der Waals surface area contributed by atoms with Crippen LogP contribution in [0.25, 0.3) is 0 Å². The zero-order chi connectivity index (χ0) is 12.1. The van der Waals surface area contributed by atoms with E-state index in [4.69, 9.17) is 11.6 Å². The lowest BCUT2D eigenvalue weighted by molar-refractivity contribution is 0.508.